The Kier molecular flexibility index (Phi) is 6.68. The van der Waals surface area contributed by atoms with Gasteiger partial charge in [-0.05, 0) is 41.0 Å². The van der Waals surface area contributed by atoms with Crippen molar-refractivity contribution in [1.29, 1.82) is 0 Å². The summed E-state index contributed by atoms with van der Waals surface area (Å²) < 4.78 is 0. The molecule has 0 atom stereocenters. The van der Waals surface area contributed by atoms with Crippen molar-refractivity contribution in [2.24, 2.45) is 0 Å². The third-order valence-electron chi connectivity index (χ3n) is 5.28. The van der Waals surface area contributed by atoms with Crippen LogP contribution in [0.4, 0.5) is 0 Å². The Hall–Kier alpha value is -2.10. The molecule has 4 heteroatoms. The van der Waals surface area contributed by atoms with E-state index >= 15 is 0 Å². The Morgan fingerprint density at radius 1 is 0.690 bits per heavy atom. The Balaban J connectivity index is 1.54. The van der Waals surface area contributed by atoms with Crippen molar-refractivity contribution in [3.05, 3.63) is 112 Å². The van der Waals surface area contributed by atoms with E-state index < -0.39 is 0 Å². The average Bonchev–Trinajstić information content (AvgIpc) is 3.11. The second-order valence-corrected chi connectivity index (χ2v) is 8.25. The Morgan fingerprint density at radius 3 is 1.66 bits per heavy atom. The number of rotatable bonds is 6. The van der Waals surface area contributed by atoms with E-state index in [-0.39, 0.29) is 6.17 Å². The fourth-order valence-electron chi connectivity index (χ4n) is 3.75. The second-order valence-electron chi connectivity index (χ2n) is 7.38. The van der Waals surface area contributed by atoms with Crippen molar-refractivity contribution in [2.45, 2.75) is 19.3 Å². The highest BCUT2D eigenvalue weighted by Crippen LogP contribution is 2.23. The highest BCUT2D eigenvalue weighted by molar-refractivity contribution is 6.30. The Bertz CT molecular complexity index is 881. The summed E-state index contributed by atoms with van der Waals surface area (Å²) in [6, 6.07) is 26.8. The van der Waals surface area contributed by atoms with Gasteiger partial charge in [0.15, 0.2) is 0 Å². The maximum atomic E-state index is 6.06. The third-order valence-corrected chi connectivity index (χ3v) is 5.78. The number of hydrogen-bond donors (Lipinski definition) is 0. The minimum Gasteiger partial charge on any atom is -0.279 e. The molecule has 148 valence electrons. The van der Waals surface area contributed by atoms with Crippen molar-refractivity contribution < 1.29 is 0 Å². The summed E-state index contributed by atoms with van der Waals surface area (Å²) in [7, 11) is 0. The number of hydrogen-bond acceptors (Lipinski definition) is 2. The molecule has 0 aromatic heterocycles. The van der Waals surface area contributed by atoms with E-state index in [1.54, 1.807) is 0 Å². The molecule has 29 heavy (non-hydrogen) atoms. The van der Waals surface area contributed by atoms with Gasteiger partial charge >= 0.3 is 0 Å². The summed E-state index contributed by atoms with van der Waals surface area (Å²) in [5.74, 6) is 0. The lowest BCUT2D eigenvalue weighted by Gasteiger charge is -2.28. The largest absolute Gasteiger partial charge is 0.279 e. The zero-order valence-electron chi connectivity index (χ0n) is 16.2. The predicted molar refractivity (Wildman–Crippen MR) is 123 cm³/mol. The second kappa shape index (κ2) is 9.60. The summed E-state index contributed by atoms with van der Waals surface area (Å²) in [5, 5.41) is 1.56. The van der Waals surface area contributed by atoms with Gasteiger partial charge in [0.2, 0.25) is 0 Å². The molecule has 0 amide bonds. The van der Waals surface area contributed by atoms with Crippen LogP contribution in [-0.4, -0.2) is 29.1 Å². The number of nitrogens with zero attached hydrogens (tertiary/aromatic N) is 2. The maximum absolute atomic E-state index is 6.06. The van der Waals surface area contributed by atoms with Crippen LogP contribution in [0.3, 0.4) is 0 Å². The molecule has 2 nitrogen and oxygen atoms in total. The fourth-order valence-corrected chi connectivity index (χ4v) is 4.00. The first-order chi connectivity index (χ1) is 14.2. The molecule has 0 unspecified atom stereocenters. The summed E-state index contributed by atoms with van der Waals surface area (Å²) >= 11 is 12.1. The molecule has 1 aliphatic heterocycles. The van der Waals surface area contributed by atoms with Gasteiger partial charge in [0.05, 0.1) is 6.17 Å². The molecular formula is C25H24Cl2N2. The predicted octanol–water partition coefficient (Wildman–Crippen LogP) is 6.35. The Morgan fingerprint density at radius 2 is 1.17 bits per heavy atom. The minimum atomic E-state index is 0.238. The van der Waals surface area contributed by atoms with Crippen molar-refractivity contribution in [3.63, 3.8) is 0 Å². The molecule has 0 saturated carbocycles. The van der Waals surface area contributed by atoms with E-state index in [0.717, 1.165) is 36.2 Å². The van der Waals surface area contributed by atoms with Crippen LogP contribution in [0.2, 0.25) is 10.0 Å². The minimum absolute atomic E-state index is 0.238. The summed E-state index contributed by atoms with van der Waals surface area (Å²) in [4.78, 5) is 5.02. The standard InChI is InChI=1S/C25H24Cl2N2/c26-23-11-6-21(7-12-23)18-28-16-17-29(19-22-8-13-24(27)14-9-22)25(28)15-10-20-4-2-1-3-5-20/h1-15,25H,16-19H2/b15-10-. The first-order valence-corrected chi connectivity index (χ1v) is 10.6. The van der Waals surface area contributed by atoms with E-state index in [9.17, 15) is 0 Å². The van der Waals surface area contributed by atoms with E-state index in [2.05, 4.69) is 70.5 Å². The van der Waals surface area contributed by atoms with Gasteiger partial charge in [0, 0.05) is 36.2 Å². The lowest BCUT2D eigenvalue weighted by Crippen LogP contribution is -2.36. The molecule has 0 N–H and O–H groups in total. The molecule has 1 saturated heterocycles. The van der Waals surface area contributed by atoms with Gasteiger partial charge in [-0.25, -0.2) is 0 Å². The first kappa shape index (κ1) is 20.2. The van der Waals surface area contributed by atoms with Gasteiger partial charge in [-0.3, -0.25) is 9.80 Å². The van der Waals surface area contributed by atoms with Gasteiger partial charge in [-0.1, -0.05) is 90.0 Å². The topological polar surface area (TPSA) is 6.48 Å². The normalized spacial score (nSPS) is 16.1. The van der Waals surface area contributed by atoms with E-state index in [4.69, 9.17) is 23.2 Å². The van der Waals surface area contributed by atoms with Crippen LogP contribution in [0, 0.1) is 0 Å². The molecular weight excluding hydrogens is 399 g/mol. The smallest absolute Gasteiger partial charge is 0.0824 e. The highest BCUT2D eigenvalue weighted by atomic mass is 35.5. The molecule has 0 spiro atoms. The third kappa shape index (κ3) is 5.49. The van der Waals surface area contributed by atoms with E-state index in [1.807, 2.05) is 30.3 Å². The highest BCUT2D eigenvalue weighted by Gasteiger charge is 2.29. The zero-order valence-corrected chi connectivity index (χ0v) is 17.7. The summed E-state index contributed by atoms with van der Waals surface area (Å²) in [6.45, 7) is 3.86. The van der Waals surface area contributed by atoms with Crippen LogP contribution in [0.25, 0.3) is 6.08 Å². The van der Waals surface area contributed by atoms with Gasteiger partial charge in [-0.15, -0.1) is 0 Å². The van der Waals surface area contributed by atoms with Crippen LogP contribution < -0.4 is 0 Å². The fraction of sp³-hybridized carbons (Fsp3) is 0.200. The molecule has 1 heterocycles. The van der Waals surface area contributed by atoms with E-state index in [0.29, 0.717) is 0 Å². The lowest BCUT2D eigenvalue weighted by atomic mass is 10.1. The lowest BCUT2D eigenvalue weighted by molar-refractivity contribution is 0.168. The van der Waals surface area contributed by atoms with Crippen LogP contribution in [0.1, 0.15) is 16.7 Å². The van der Waals surface area contributed by atoms with Crippen LogP contribution in [0.15, 0.2) is 84.9 Å². The average molecular weight is 423 g/mol. The quantitative estimate of drug-likeness (QED) is 0.456. The molecule has 4 rings (SSSR count). The Labute approximate surface area is 183 Å². The van der Waals surface area contributed by atoms with Crippen molar-refractivity contribution in [2.75, 3.05) is 13.1 Å². The van der Waals surface area contributed by atoms with Crippen molar-refractivity contribution in [3.8, 4) is 0 Å². The summed E-state index contributed by atoms with van der Waals surface area (Å²) in [5.41, 5.74) is 3.78. The van der Waals surface area contributed by atoms with Crippen molar-refractivity contribution in [1.82, 2.24) is 9.80 Å². The number of benzene rings is 3. The molecule has 1 aliphatic rings. The molecule has 0 aliphatic carbocycles. The van der Waals surface area contributed by atoms with Gasteiger partial charge in [0.25, 0.3) is 0 Å². The van der Waals surface area contributed by atoms with Crippen molar-refractivity contribution >= 4 is 29.3 Å². The first-order valence-electron chi connectivity index (χ1n) is 9.88. The molecule has 0 radical (unpaired) electrons. The van der Waals surface area contributed by atoms with Gasteiger partial charge < -0.3 is 0 Å². The molecule has 1 fully saturated rings. The van der Waals surface area contributed by atoms with Crippen LogP contribution in [-0.2, 0) is 13.1 Å². The molecule has 0 bridgehead atoms. The molecule has 3 aromatic carbocycles. The van der Waals surface area contributed by atoms with Crippen LogP contribution >= 0.6 is 23.2 Å². The summed E-state index contributed by atoms with van der Waals surface area (Å²) in [6.07, 6.45) is 4.77. The molecule has 3 aromatic rings. The van der Waals surface area contributed by atoms with E-state index in [1.165, 1.54) is 16.7 Å². The van der Waals surface area contributed by atoms with Crippen LogP contribution in [0.5, 0.6) is 0 Å². The zero-order chi connectivity index (χ0) is 20.1. The van der Waals surface area contributed by atoms with Gasteiger partial charge in [0.1, 0.15) is 0 Å². The monoisotopic (exact) mass is 422 g/mol. The SMILES string of the molecule is Clc1ccc(CN2CCN(Cc3ccc(Cl)cc3)C2/C=C\c2ccccc2)cc1. The maximum Gasteiger partial charge on any atom is 0.0824 e. The number of halogens is 2. The van der Waals surface area contributed by atoms with Gasteiger partial charge in [-0.2, -0.15) is 0 Å².